The van der Waals surface area contributed by atoms with E-state index in [2.05, 4.69) is 43.6 Å². The first-order valence-corrected chi connectivity index (χ1v) is 11.4. The maximum absolute atomic E-state index is 5.65. The first-order chi connectivity index (χ1) is 14.8. The topological polar surface area (TPSA) is 61.4 Å². The van der Waals surface area contributed by atoms with Crippen LogP contribution in [0.15, 0.2) is 29.3 Å². The normalized spacial score (nSPS) is 19.6. The maximum Gasteiger partial charge on any atom is 0.191 e. The molecule has 2 aliphatic rings. The quantitative estimate of drug-likeness (QED) is 0.345. The van der Waals surface area contributed by atoms with Gasteiger partial charge in [-0.2, -0.15) is 0 Å². The fourth-order valence-electron chi connectivity index (χ4n) is 4.34. The summed E-state index contributed by atoms with van der Waals surface area (Å²) >= 11 is 0. The van der Waals surface area contributed by atoms with Gasteiger partial charge in [0.1, 0.15) is 5.75 Å². The third-order valence-electron chi connectivity index (χ3n) is 6.06. The Bertz CT molecular complexity index is 642. The third kappa shape index (κ3) is 6.86. The van der Waals surface area contributed by atoms with E-state index in [4.69, 9.17) is 9.47 Å². The fourth-order valence-corrected chi connectivity index (χ4v) is 4.34. The minimum absolute atomic E-state index is 0.281. The molecule has 2 aliphatic heterocycles. The van der Waals surface area contributed by atoms with Gasteiger partial charge < -0.3 is 20.1 Å². The molecule has 7 heteroatoms. The summed E-state index contributed by atoms with van der Waals surface area (Å²) in [5.74, 6) is 1.84. The fraction of sp³-hybridized carbons (Fsp3) is 0.696. The SMILES string of the molecule is CN=C(NCCCCN1CCOCC1)NCC(c1ccccc1OC)N1CCCC1. The van der Waals surface area contributed by atoms with Crippen LogP contribution in [0.5, 0.6) is 5.75 Å². The molecule has 0 spiro atoms. The summed E-state index contributed by atoms with van der Waals surface area (Å²) in [6, 6.07) is 8.66. The smallest absolute Gasteiger partial charge is 0.191 e. The maximum atomic E-state index is 5.65. The van der Waals surface area contributed by atoms with E-state index in [9.17, 15) is 0 Å². The van der Waals surface area contributed by atoms with Crippen LogP contribution in [0.2, 0.25) is 0 Å². The Labute approximate surface area is 181 Å². The van der Waals surface area contributed by atoms with Gasteiger partial charge in [0.15, 0.2) is 5.96 Å². The molecule has 0 bridgehead atoms. The van der Waals surface area contributed by atoms with Gasteiger partial charge in [-0.25, -0.2) is 0 Å². The lowest BCUT2D eigenvalue weighted by Crippen LogP contribution is -2.43. The zero-order valence-electron chi connectivity index (χ0n) is 18.7. The molecule has 0 saturated carbocycles. The van der Waals surface area contributed by atoms with Crippen molar-refractivity contribution in [2.45, 2.75) is 31.7 Å². The minimum atomic E-state index is 0.281. The molecule has 0 aliphatic carbocycles. The summed E-state index contributed by atoms with van der Waals surface area (Å²) in [5.41, 5.74) is 1.25. The Hall–Kier alpha value is -1.83. The van der Waals surface area contributed by atoms with Crippen molar-refractivity contribution in [1.29, 1.82) is 0 Å². The van der Waals surface area contributed by atoms with Crippen molar-refractivity contribution < 1.29 is 9.47 Å². The van der Waals surface area contributed by atoms with Crippen molar-refractivity contribution in [3.05, 3.63) is 29.8 Å². The monoisotopic (exact) mass is 417 g/mol. The number of para-hydroxylation sites is 1. The van der Waals surface area contributed by atoms with E-state index in [1.165, 1.54) is 24.8 Å². The van der Waals surface area contributed by atoms with Crippen molar-refractivity contribution in [2.24, 2.45) is 4.99 Å². The predicted octanol–water partition coefficient (Wildman–Crippen LogP) is 2.11. The van der Waals surface area contributed by atoms with Crippen molar-refractivity contribution >= 4 is 5.96 Å². The summed E-state index contributed by atoms with van der Waals surface area (Å²) in [6.45, 7) is 9.06. The number of likely N-dealkylation sites (tertiary alicyclic amines) is 1. The van der Waals surface area contributed by atoms with E-state index in [-0.39, 0.29) is 6.04 Å². The van der Waals surface area contributed by atoms with Gasteiger partial charge in [0.2, 0.25) is 0 Å². The summed E-state index contributed by atoms with van der Waals surface area (Å²) in [6.07, 6.45) is 4.87. The number of morpholine rings is 1. The van der Waals surface area contributed by atoms with Crippen LogP contribution < -0.4 is 15.4 Å². The molecule has 2 fully saturated rings. The largest absolute Gasteiger partial charge is 0.496 e. The number of benzene rings is 1. The van der Waals surface area contributed by atoms with Gasteiger partial charge in [0.25, 0.3) is 0 Å². The van der Waals surface area contributed by atoms with Crippen molar-refractivity contribution in [3.8, 4) is 5.75 Å². The van der Waals surface area contributed by atoms with Crippen molar-refractivity contribution in [2.75, 3.05) is 73.2 Å². The molecular formula is C23H39N5O2. The van der Waals surface area contributed by atoms with Gasteiger partial charge in [0, 0.05) is 38.8 Å². The molecule has 30 heavy (non-hydrogen) atoms. The molecule has 2 heterocycles. The second kappa shape index (κ2) is 12.8. The van der Waals surface area contributed by atoms with E-state index < -0.39 is 0 Å². The van der Waals surface area contributed by atoms with E-state index in [1.54, 1.807) is 7.11 Å². The summed E-state index contributed by atoms with van der Waals surface area (Å²) in [5, 5.41) is 7.03. The van der Waals surface area contributed by atoms with E-state index in [0.29, 0.717) is 0 Å². The van der Waals surface area contributed by atoms with Gasteiger partial charge in [-0.3, -0.25) is 14.8 Å². The number of guanidine groups is 1. The Morgan fingerprint density at radius 3 is 2.60 bits per heavy atom. The zero-order valence-corrected chi connectivity index (χ0v) is 18.7. The van der Waals surface area contributed by atoms with E-state index >= 15 is 0 Å². The molecule has 2 saturated heterocycles. The van der Waals surface area contributed by atoms with Crippen molar-refractivity contribution in [1.82, 2.24) is 20.4 Å². The molecular weight excluding hydrogens is 378 g/mol. The highest BCUT2D eigenvalue weighted by Gasteiger charge is 2.26. The number of nitrogens with one attached hydrogen (secondary N) is 2. The lowest BCUT2D eigenvalue weighted by atomic mass is 10.0. The number of aliphatic imine (C=N–C) groups is 1. The molecule has 1 atom stereocenters. The molecule has 0 amide bonds. The second-order valence-electron chi connectivity index (χ2n) is 8.04. The van der Waals surface area contributed by atoms with Gasteiger partial charge in [-0.1, -0.05) is 18.2 Å². The summed E-state index contributed by atoms with van der Waals surface area (Å²) in [4.78, 5) is 9.47. The van der Waals surface area contributed by atoms with Crippen LogP contribution in [0, 0.1) is 0 Å². The van der Waals surface area contributed by atoms with Gasteiger partial charge >= 0.3 is 0 Å². The van der Waals surface area contributed by atoms with Gasteiger partial charge in [-0.15, -0.1) is 0 Å². The highest BCUT2D eigenvalue weighted by Crippen LogP contribution is 2.31. The van der Waals surface area contributed by atoms with Crippen LogP contribution in [0.25, 0.3) is 0 Å². The van der Waals surface area contributed by atoms with Crippen LogP contribution in [0.1, 0.15) is 37.3 Å². The molecule has 2 N–H and O–H groups in total. The average molecular weight is 418 g/mol. The number of rotatable bonds is 10. The van der Waals surface area contributed by atoms with Crippen molar-refractivity contribution in [3.63, 3.8) is 0 Å². The molecule has 0 aromatic heterocycles. The molecule has 1 unspecified atom stereocenters. The first kappa shape index (κ1) is 22.8. The third-order valence-corrected chi connectivity index (χ3v) is 6.06. The highest BCUT2D eigenvalue weighted by atomic mass is 16.5. The molecule has 1 aromatic carbocycles. The second-order valence-corrected chi connectivity index (χ2v) is 8.04. The zero-order chi connectivity index (χ0) is 21.0. The Kier molecular flexibility index (Phi) is 9.73. The van der Waals surface area contributed by atoms with Crippen LogP contribution >= 0.6 is 0 Å². The number of nitrogens with zero attached hydrogens (tertiary/aromatic N) is 3. The van der Waals surface area contributed by atoms with Crippen LogP contribution in [-0.4, -0.2) is 88.9 Å². The lowest BCUT2D eigenvalue weighted by Gasteiger charge is -2.30. The first-order valence-electron chi connectivity index (χ1n) is 11.4. The molecule has 3 rings (SSSR count). The number of hydrogen-bond donors (Lipinski definition) is 2. The summed E-state index contributed by atoms with van der Waals surface area (Å²) < 4.78 is 11.1. The number of methoxy groups -OCH3 is 1. The number of unbranched alkanes of at least 4 members (excludes halogenated alkanes) is 1. The van der Waals surface area contributed by atoms with Crippen LogP contribution in [0.4, 0.5) is 0 Å². The number of ether oxygens (including phenoxy) is 2. The van der Waals surface area contributed by atoms with E-state index in [1.807, 2.05) is 13.1 Å². The predicted molar refractivity (Wildman–Crippen MR) is 122 cm³/mol. The van der Waals surface area contributed by atoms with Gasteiger partial charge in [0.05, 0.1) is 26.4 Å². The standard InChI is InChI=1S/C23H39N5O2/c1-24-23(25-11-5-6-12-27-15-17-30-18-16-27)26-19-21(28-13-7-8-14-28)20-9-3-4-10-22(20)29-2/h3-4,9-10,21H,5-8,11-19H2,1-2H3,(H2,24,25,26). The van der Waals surface area contributed by atoms with Crippen LogP contribution in [-0.2, 0) is 4.74 Å². The van der Waals surface area contributed by atoms with Crippen LogP contribution in [0.3, 0.4) is 0 Å². The average Bonchev–Trinajstić information content (AvgIpc) is 3.33. The number of hydrogen-bond acceptors (Lipinski definition) is 5. The Morgan fingerprint density at radius 1 is 1.10 bits per heavy atom. The molecule has 7 nitrogen and oxygen atoms in total. The van der Waals surface area contributed by atoms with Gasteiger partial charge in [-0.05, 0) is 51.4 Å². The highest BCUT2D eigenvalue weighted by molar-refractivity contribution is 5.79. The molecule has 0 radical (unpaired) electrons. The summed E-state index contributed by atoms with van der Waals surface area (Å²) in [7, 11) is 3.60. The Balaban J connectivity index is 1.46. The molecule has 168 valence electrons. The van der Waals surface area contributed by atoms with E-state index in [0.717, 1.165) is 77.2 Å². The lowest BCUT2D eigenvalue weighted by molar-refractivity contribution is 0.0372. The minimum Gasteiger partial charge on any atom is -0.496 e. The molecule has 1 aromatic rings. The Morgan fingerprint density at radius 2 is 1.87 bits per heavy atom.